The largest absolute Gasteiger partial charge is 0.490 e. The lowest BCUT2D eigenvalue weighted by Gasteiger charge is -2.33. The third-order valence-electron chi connectivity index (χ3n) is 4.34. The van der Waals surface area contributed by atoms with Gasteiger partial charge in [0, 0.05) is 17.8 Å². The number of fused-ring (bicyclic) bond motifs is 1. The van der Waals surface area contributed by atoms with Crippen LogP contribution in [0.5, 0.6) is 5.75 Å². The Morgan fingerprint density at radius 1 is 1.16 bits per heavy atom. The van der Waals surface area contributed by atoms with E-state index >= 15 is 0 Å². The van der Waals surface area contributed by atoms with Crippen LogP contribution in [0.1, 0.15) is 24.2 Å². The molecule has 130 valence electrons. The summed E-state index contributed by atoms with van der Waals surface area (Å²) in [5.74, 6) is 0.737. The third kappa shape index (κ3) is 3.65. The number of amides is 1. The van der Waals surface area contributed by atoms with Gasteiger partial charge in [-0.3, -0.25) is 9.59 Å². The maximum absolute atomic E-state index is 12.8. The van der Waals surface area contributed by atoms with Crippen LogP contribution < -0.4 is 14.5 Å². The average molecular weight is 338 g/mol. The van der Waals surface area contributed by atoms with Gasteiger partial charge in [-0.2, -0.15) is 0 Å². The minimum atomic E-state index is -0.000815. The zero-order chi connectivity index (χ0) is 17.8. The monoisotopic (exact) mass is 338 g/mol. The van der Waals surface area contributed by atoms with Crippen molar-refractivity contribution < 1.29 is 14.3 Å². The van der Waals surface area contributed by atoms with E-state index in [-0.39, 0.29) is 18.2 Å². The molecular weight excluding hydrogens is 316 g/mol. The summed E-state index contributed by atoms with van der Waals surface area (Å²) in [4.78, 5) is 28.3. The van der Waals surface area contributed by atoms with Crippen LogP contribution in [0.4, 0.5) is 11.4 Å². The SMILES string of the molecule is CCN(C(=O)CN1CCOc2ccc(C(C)=O)cc21)c1ccccc1. The van der Waals surface area contributed by atoms with Gasteiger partial charge in [-0.15, -0.1) is 0 Å². The molecule has 5 nitrogen and oxygen atoms in total. The summed E-state index contributed by atoms with van der Waals surface area (Å²) < 4.78 is 5.66. The highest BCUT2D eigenvalue weighted by Gasteiger charge is 2.24. The highest BCUT2D eigenvalue weighted by Crippen LogP contribution is 2.32. The van der Waals surface area contributed by atoms with Crippen molar-refractivity contribution in [2.45, 2.75) is 13.8 Å². The lowest BCUT2D eigenvalue weighted by molar-refractivity contribution is -0.117. The molecule has 0 aromatic heterocycles. The van der Waals surface area contributed by atoms with E-state index in [9.17, 15) is 9.59 Å². The van der Waals surface area contributed by atoms with Crippen LogP contribution in [-0.2, 0) is 4.79 Å². The fourth-order valence-corrected chi connectivity index (χ4v) is 3.02. The van der Waals surface area contributed by atoms with Crippen molar-refractivity contribution in [2.24, 2.45) is 0 Å². The van der Waals surface area contributed by atoms with Gasteiger partial charge in [0.25, 0.3) is 0 Å². The van der Waals surface area contributed by atoms with Crippen molar-refractivity contribution in [2.75, 3.05) is 36.0 Å². The van der Waals surface area contributed by atoms with Crippen LogP contribution in [0, 0.1) is 0 Å². The lowest BCUT2D eigenvalue weighted by atomic mass is 10.1. The average Bonchev–Trinajstić information content (AvgIpc) is 2.63. The van der Waals surface area contributed by atoms with Crippen LogP contribution in [-0.4, -0.2) is 37.9 Å². The topological polar surface area (TPSA) is 49.9 Å². The van der Waals surface area contributed by atoms with Gasteiger partial charge in [0.15, 0.2) is 5.78 Å². The predicted molar refractivity (Wildman–Crippen MR) is 98.6 cm³/mol. The zero-order valence-corrected chi connectivity index (χ0v) is 14.6. The van der Waals surface area contributed by atoms with Gasteiger partial charge in [-0.1, -0.05) is 18.2 Å². The first-order chi connectivity index (χ1) is 12.1. The second-order valence-corrected chi connectivity index (χ2v) is 5.98. The first-order valence-electron chi connectivity index (χ1n) is 8.48. The summed E-state index contributed by atoms with van der Waals surface area (Å²) in [6.45, 7) is 5.50. The van der Waals surface area contributed by atoms with E-state index in [1.807, 2.05) is 48.2 Å². The normalized spacial score (nSPS) is 13.0. The Morgan fingerprint density at radius 3 is 2.60 bits per heavy atom. The van der Waals surface area contributed by atoms with Crippen molar-refractivity contribution in [3.63, 3.8) is 0 Å². The highest BCUT2D eigenvalue weighted by atomic mass is 16.5. The number of likely N-dealkylation sites (N-methyl/N-ethyl adjacent to an activating group) is 1. The van der Waals surface area contributed by atoms with E-state index < -0.39 is 0 Å². The van der Waals surface area contributed by atoms with Crippen molar-refractivity contribution in [1.29, 1.82) is 0 Å². The minimum Gasteiger partial charge on any atom is -0.490 e. The number of anilines is 2. The molecule has 1 heterocycles. The van der Waals surface area contributed by atoms with Gasteiger partial charge < -0.3 is 14.5 Å². The van der Waals surface area contributed by atoms with E-state index in [2.05, 4.69) is 0 Å². The molecule has 5 heteroatoms. The predicted octanol–water partition coefficient (Wildman–Crippen LogP) is 3.14. The van der Waals surface area contributed by atoms with Gasteiger partial charge >= 0.3 is 0 Å². The molecule has 0 spiro atoms. The van der Waals surface area contributed by atoms with Crippen molar-refractivity contribution in [1.82, 2.24) is 0 Å². The van der Waals surface area contributed by atoms with Crippen LogP contribution in [0.3, 0.4) is 0 Å². The third-order valence-corrected chi connectivity index (χ3v) is 4.34. The lowest BCUT2D eigenvalue weighted by Crippen LogP contribution is -2.43. The first-order valence-corrected chi connectivity index (χ1v) is 8.48. The number of ether oxygens (including phenoxy) is 1. The van der Waals surface area contributed by atoms with E-state index in [1.54, 1.807) is 17.0 Å². The molecule has 0 unspecified atom stereocenters. The second kappa shape index (κ2) is 7.38. The number of carbonyl (C=O) groups is 2. The first kappa shape index (κ1) is 17.0. The molecule has 0 saturated carbocycles. The number of hydrogen-bond acceptors (Lipinski definition) is 4. The maximum atomic E-state index is 12.8. The molecule has 0 atom stereocenters. The van der Waals surface area contributed by atoms with E-state index in [0.717, 1.165) is 11.4 Å². The fraction of sp³-hybridized carbons (Fsp3) is 0.300. The molecule has 25 heavy (non-hydrogen) atoms. The molecule has 2 aromatic rings. The molecular formula is C20H22N2O3. The number of hydrogen-bond donors (Lipinski definition) is 0. The summed E-state index contributed by atoms with van der Waals surface area (Å²) in [5.41, 5.74) is 2.31. The Hall–Kier alpha value is -2.82. The summed E-state index contributed by atoms with van der Waals surface area (Å²) in [6.07, 6.45) is 0. The van der Waals surface area contributed by atoms with Crippen LogP contribution in [0.15, 0.2) is 48.5 Å². The van der Waals surface area contributed by atoms with E-state index in [4.69, 9.17) is 4.74 Å². The van der Waals surface area contributed by atoms with Gasteiger partial charge in [-0.05, 0) is 44.2 Å². The number of rotatable bonds is 5. The molecule has 2 aromatic carbocycles. The van der Waals surface area contributed by atoms with Crippen molar-refractivity contribution >= 4 is 23.1 Å². The molecule has 0 fully saturated rings. The molecule has 3 rings (SSSR count). The molecule has 1 aliphatic heterocycles. The molecule has 0 bridgehead atoms. The van der Waals surface area contributed by atoms with Crippen molar-refractivity contribution in [3.8, 4) is 5.75 Å². The minimum absolute atomic E-state index is 0.000815. The van der Waals surface area contributed by atoms with Crippen LogP contribution in [0.2, 0.25) is 0 Å². The maximum Gasteiger partial charge on any atom is 0.246 e. The van der Waals surface area contributed by atoms with Gasteiger partial charge in [0.05, 0.1) is 18.8 Å². The van der Waals surface area contributed by atoms with E-state index in [1.165, 1.54) is 6.92 Å². The van der Waals surface area contributed by atoms with Gasteiger partial charge in [0.1, 0.15) is 12.4 Å². The Kier molecular flexibility index (Phi) is 5.03. The summed E-state index contributed by atoms with van der Waals surface area (Å²) >= 11 is 0. The second-order valence-electron chi connectivity index (χ2n) is 5.98. The Balaban J connectivity index is 1.83. The fourth-order valence-electron chi connectivity index (χ4n) is 3.02. The van der Waals surface area contributed by atoms with Crippen molar-refractivity contribution in [3.05, 3.63) is 54.1 Å². The number of Topliss-reactive ketones (excluding diaryl/α,β-unsaturated/α-hetero) is 1. The summed E-state index contributed by atoms with van der Waals surface area (Å²) in [5, 5.41) is 0. The zero-order valence-electron chi connectivity index (χ0n) is 14.6. The number of para-hydroxylation sites is 1. The molecule has 0 radical (unpaired) electrons. The molecule has 1 amide bonds. The molecule has 0 N–H and O–H groups in total. The summed E-state index contributed by atoms with van der Waals surface area (Å²) in [7, 11) is 0. The van der Waals surface area contributed by atoms with Gasteiger partial charge in [-0.25, -0.2) is 0 Å². The molecule has 1 aliphatic rings. The van der Waals surface area contributed by atoms with Gasteiger partial charge in [0.2, 0.25) is 5.91 Å². The van der Waals surface area contributed by atoms with Crippen LogP contribution in [0.25, 0.3) is 0 Å². The quantitative estimate of drug-likeness (QED) is 0.786. The van der Waals surface area contributed by atoms with E-state index in [0.29, 0.717) is 31.0 Å². The molecule has 0 saturated heterocycles. The number of carbonyl (C=O) groups excluding carboxylic acids is 2. The molecule has 0 aliphatic carbocycles. The Labute approximate surface area is 147 Å². The number of nitrogens with zero attached hydrogens (tertiary/aromatic N) is 2. The summed E-state index contributed by atoms with van der Waals surface area (Å²) in [6, 6.07) is 15.0. The number of ketones is 1. The Morgan fingerprint density at radius 2 is 1.92 bits per heavy atom. The van der Waals surface area contributed by atoms with Crippen LogP contribution >= 0.6 is 0 Å². The standard InChI is InChI=1S/C20H22N2O3/c1-3-22(17-7-5-4-6-8-17)20(24)14-21-11-12-25-19-10-9-16(15(2)23)13-18(19)21/h4-10,13H,3,11-12,14H2,1-2H3. The smallest absolute Gasteiger partial charge is 0.246 e. The highest BCUT2D eigenvalue weighted by molar-refractivity contribution is 5.98. The number of benzene rings is 2. The Bertz CT molecular complexity index is 774.